The highest BCUT2D eigenvalue weighted by atomic mass is 32.2. The summed E-state index contributed by atoms with van der Waals surface area (Å²) < 4.78 is 1.76. The average Bonchev–Trinajstić information content (AvgIpc) is 3.20. The molecule has 1 aliphatic rings. The third-order valence-electron chi connectivity index (χ3n) is 5.31. The fourth-order valence-corrected chi connectivity index (χ4v) is 4.87. The van der Waals surface area contributed by atoms with Crippen molar-refractivity contribution < 1.29 is 4.79 Å². The van der Waals surface area contributed by atoms with Gasteiger partial charge in [0.2, 0.25) is 11.1 Å². The number of carbonyl (C=O) groups excluding carboxylic acids is 1. The molecule has 1 saturated heterocycles. The van der Waals surface area contributed by atoms with Crippen molar-refractivity contribution in [2.45, 2.75) is 43.5 Å². The van der Waals surface area contributed by atoms with E-state index in [0.717, 1.165) is 48.3 Å². The van der Waals surface area contributed by atoms with Gasteiger partial charge in [-0.3, -0.25) is 4.79 Å². The number of rotatable bonds is 5. The maximum Gasteiger partial charge on any atom is 0.240 e. The maximum atomic E-state index is 13.4. The number of thioether (sulfide) groups is 1. The quantitative estimate of drug-likeness (QED) is 0.595. The molecule has 1 aliphatic heterocycles. The van der Waals surface area contributed by atoms with E-state index in [4.69, 9.17) is 0 Å². The van der Waals surface area contributed by atoms with Crippen LogP contribution in [0.1, 0.15) is 41.2 Å². The molecule has 0 N–H and O–H groups in total. The monoisotopic (exact) mass is 407 g/mol. The predicted octanol–water partition coefficient (Wildman–Crippen LogP) is 4.13. The van der Waals surface area contributed by atoms with E-state index < -0.39 is 0 Å². The standard InChI is InChI=1S/C22H25N5OS/c1-16-10-9-11-17(2)19(16)27-22(23-24-25-27)29-20(18-12-5-3-6-13-18)21(28)26-14-7-4-8-15-26/h3,5-6,9-13,20H,4,7-8,14-15H2,1-2H3. The van der Waals surface area contributed by atoms with Crippen LogP contribution in [0.5, 0.6) is 0 Å². The highest BCUT2D eigenvalue weighted by Gasteiger charge is 2.30. The third-order valence-corrected chi connectivity index (χ3v) is 6.48. The van der Waals surface area contributed by atoms with Gasteiger partial charge in [-0.05, 0) is 60.2 Å². The summed E-state index contributed by atoms with van der Waals surface area (Å²) >= 11 is 1.42. The summed E-state index contributed by atoms with van der Waals surface area (Å²) in [6.07, 6.45) is 3.33. The smallest absolute Gasteiger partial charge is 0.240 e. The van der Waals surface area contributed by atoms with Crippen molar-refractivity contribution in [3.8, 4) is 5.69 Å². The van der Waals surface area contributed by atoms with Crippen molar-refractivity contribution in [2.24, 2.45) is 0 Å². The summed E-state index contributed by atoms with van der Waals surface area (Å²) in [6.45, 7) is 5.74. The fraction of sp³-hybridized carbons (Fsp3) is 0.364. The summed E-state index contributed by atoms with van der Waals surface area (Å²) in [4.78, 5) is 15.4. The number of hydrogen-bond acceptors (Lipinski definition) is 5. The minimum Gasteiger partial charge on any atom is -0.341 e. The topological polar surface area (TPSA) is 63.9 Å². The Bertz CT molecular complexity index is 962. The van der Waals surface area contributed by atoms with Crippen LogP contribution in [0.2, 0.25) is 0 Å². The van der Waals surface area contributed by atoms with Gasteiger partial charge in [0.25, 0.3) is 0 Å². The molecule has 3 aromatic rings. The van der Waals surface area contributed by atoms with Gasteiger partial charge in [0.15, 0.2) is 0 Å². The molecular weight excluding hydrogens is 382 g/mol. The van der Waals surface area contributed by atoms with Crippen molar-refractivity contribution in [1.29, 1.82) is 0 Å². The molecule has 29 heavy (non-hydrogen) atoms. The number of hydrogen-bond donors (Lipinski definition) is 0. The predicted molar refractivity (Wildman–Crippen MR) is 114 cm³/mol. The van der Waals surface area contributed by atoms with Crippen LogP contribution in [0.4, 0.5) is 0 Å². The summed E-state index contributed by atoms with van der Waals surface area (Å²) in [7, 11) is 0. The van der Waals surface area contributed by atoms with E-state index in [-0.39, 0.29) is 11.2 Å². The number of aryl methyl sites for hydroxylation is 2. The van der Waals surface area contributed by atoms with E-state index in [0.29, 0.717) is 5.16 Å². The van der Waals surface area contributed by atoms with E-state index in [9.17, 15) is 4.79 Å². The second-order valence-electron chi connectivity index (χ2n) is 7.41. The minimum atomic E-state index is -0.372. The number of amides is 1. The van der Waals surface area contributed by atoms with Gasteiger partial charge in [-0.15, -0.1) is 5.10 Å². The molecule has 150 valence electrons. The SMILES string of the molecule is Cc1cccc(C)c1-n1nnnc1SC(C(=O)N1CCCCC1)c1ccccc1. The highest BCUT2D eigenvalue weighted by Crippen LogP contribution is 2.37. The van der Waals surface area contributed by atoms with E-state index in [1.54, 1.807) is 4.68 Å². The van der Waals surface area contributed by atoms with Crippen LogP contribution in [-0.4, -0.2) is 44.1 Å². The third kappa shape index (κ3) is 4.19. The molecule has 1 fully saturated rings. The zero-order valence-electron chi connectivity index (χ0n) is 16.8. The van der Waals surface area contributed by atoms with E-state index >= 15 is 0 Å². The van der Waals surface area contributed by atoms with Gasteiger partial charge in [-0.2, -0.15) is 4.68 Å². The molecule has 0 spiro atoms. The lowest BCUT2D eigenvalue weighted by Gasteiger charge is -2.30. The number of carbonyl (C=O) groups is 1. The van der Waals surface area contributed by atoms with Crippen molar-refractivity contribution in [2.75, 3.05) is 13.1 Å². The molecule has 1 unspecified atom stereocenters. The van der Waals surface area contributed by atoms with Gasteiger partial charge in [-0.1, -0.05) is 60.3 Å². The van der Waals surface area contributed by atoms with E-state index in [1.807, 2.05) is 67.3 Å². The Hall–Kier alpha value is -2.67. The van der Waals surface area contributed by atoms with Gasteiger partial charge in [0.1, 0.15) is 5.25 Å². The normalized spacial score (nSPS) is 15.3. The lowest BCUT2D eigenvalue weighted by Crippen LogP contribution is -2.38. The van der Waals surface area contributed by atoms with Gasteiger partial charge >= 0.3 is 0 Å². The van der Waals surface area contributed by atoms with Crippen molar-refractivity contribution in [3.63, 3.8) is 0 Å². The van der Waals surface area contributed by atoms with Crippen molar-refractivity contribution in [3.05, 3.63) is 65.2 Å². The van der Waals surface area contributed by atoms with Gasteiger partial charge in [0, 0.05) is 13.1 Å². The lowest BCUT2D eigenvalue weighted by molar-refractivity contribution is -0.131. The molecule has 0 saturated carbocycles. The van der Waals surface area contributed by atoms with Crippen LogP contribution in [0, 0.1) is 13.8 Å². The molecule has 4 rings (SSSR count). The number of aromatic nitrogens is 4. The number of nitrogens with zero attached hydrogens (tertiary/aromatic N) is 5. The second-order valence-corrected chi connectivity index (χ2v) is 8.48. The van der Waals surface area contributed by atoms with E-state index in [2.05, 4.69) is 15.5 Å². The first-order valence-electron chi connectivity index (χ1n) is 10.0. The maximum absolute atomic E-state index is 13.4. The number of benzene rings is 2. The fourth-order valence-electron chi connectivity index (χ4n) is 3.81. The number of para-hydroxylation sites is 1. The van der Waals surface area contributed by atoms with Crippen LogP contribution in [0.15, 0.2) is 53.7 Å². The molecule has 7 heteroatoms. The highest BCUT2D eigenvalue weighted by molar-refractivity contribution is 8.00. The summed E-state index contributed by atoms with van der Waals surface area (Å²) in [5.41, 5.74) is 4.14. The first-order chi connectivity index (χ1) is 14.1. The number of tetrazole rings is 1. The van der Waals surface area contributed by atoms with Crippen LogP contribution in [0.3, 0.4) is 0 Å². The van der Waals surface area contributed by atoms with Crippen molar-refractivity contribution >= 4 is 17.7 Å². The molecule has 0 radical (unpaired) electrons. The Morgan fingerprint density at radius 2 is 1.66 bits per heavy atom. The summed E-state index contributed by atoms with van der Waals surface area (Å²) in [6, 6.07) is 16.1. The molecule has 1 atom stereocenters. The molecule has 6 nitrogen and oxygen atoms in total. The Balaban J connectivity index is 1.69. The zero-order valence-corrected chi connectivity index (χ0v) is 17.6. The Labute approximate surface area is 175 Å². The molecule has 1 aromatic heterocycles. The second kappa shape index (κ2) is 8.78. The average molecular weight is 408 g/mol. The molecule has 0 aliphatic carbocycles. The number of piperidine rings is 1. The zero-order chi connectivity index (χ0) is 20.2. The lowest BCUT2D eigenvalue weighted by atomic mass is 10.1. The van der Waals surface area contributed by atoms with E-state index in [1.165, 1.54) is 18.2 Å². The van der Waals surface area contributed by atoms with Gasteiger partial charge in [0.05, 0.1) is 5.69 Å². The van der Waals surface area contributed by atoms with Gasteiger partial charge < -0.3 is 4.90 Å². The first kappa shape index (κ1) is 19.6. The molecule has 2 heterocycles. The Morgan fingerprint density at radius 3 is 2.34 bits per heavy atom. The summed E-state index contributed by atoms with van der Waals surface area (Å²) in [5, 5.41) is 12.7. The van der Waals surface area contributed by atoms with Gasteiger partial charge in [-0.25, -0.2) is 0 Å². The Morgan fingerprint density at radius 1 is 0.966 bits per heavy atom. The van der Waals surface area contributed by atoms with Crippen LogP contribution in [-0.2, 0) is 4.79 Å². The minimum absolute atomic E-state index is 0.136. The Kier molecular flexibility index (Phi) is 5.94. The molecule has 1 amide bonds. The van der Waals surface area contributed by atoms with Crippen LogP contribution >= 0.6 is 11.8 Å². The summed E-state index contributed by atoms with van der Waals surface area (Å²) in [5.74, 6) is 0.136. The van der Waals surface area contributed by atoms with Crippen molar-refractivity contribution in [1.82, 2.24) is 25.1 Å². The molecule has 2 aromatic carbocycles. The largest absolute Gasteiger partial charge is 0.341 e. The van der Waals surface area contributed by atoms with Crippen LogP contribution < -0.4 is 0 Å². The van der Waals surface area contributed by atoms with Crippen LogP contribution in [0.25, 0.3) is 5.69 Å². The molecule has 0 bridgehead atoms. The number of likely N-dealkylation sites (tertiary alicyclic amines) is 1. The first-order valence-corrected chi connectivity index (χ1v) is 10.9. The molecular formula is C22H25N5OS.